The first-order valence-electron chi connectivity index (χ1n) is 6.40. The SMILES string of the molecule is CCCCN(C(=O)C1CC(C(=O)O)=NO1)C1CC1. The number of carboxylic acid groups (broad SMARTS) is 1. The zero-order valence-electron chi connectivity index (χ0n) is 10.5. The molecule has 6 heteroatoms. The van der Waals surface area contributed by atoms with Crippen LogP contribution in [0.1, 0.15) is 39.0 Å². The van der Waals surface area contributed by atoms with E-state index in [0.29, 0.717) is 6.04 Å². The van der Waals surface area contributed by atoms with E-state index < -0.39 is 12.1 Å². The predicted octanol–water partition coefficient (Wildman–Crippen LogP) is 1.01. The summed E-state index contributed by atoms with van der Waals surface area (Å²) in [5.74, 6) is -1.23. The van der Waals surface area contributed by atoms with Crippen LogP contribution in [0.3, 0.4) is 0 Å². The van der Waals surface area contributed by atoms with Gasteiger partial charge in [0.25, 0.3) is 5.91 Å². The Labute approximate surface area is 106 Å². The molecule has 1 atom stereocenters. The molecular weight excluding hydrogens is 236 g/mol. The summed E-state index contributed by atoms with van der Waals surface area (Å²) < 4.78 is 0. The first-order chi connectivity index (χ1) is 8.63. The van der Waals surface area contributed by atoms with Gasteiger partial charge in [0, 0.05) is 19.0 Å². The molecule has 0 aromatic carbocycles. The lowest BCUT2D eigenvalue weighted by Crippen LogP contribution is -2.41. The van der Waals surface area contributed by atoms with Crippen molar-refractivity contribution in [3.8, 4) is 0 Å². The Kier molecular flexibility index (Phi) is 3.84. The van der Waals surface area contributed by atoms with Gasteiger partial charge in [0.15, 0.2) is 5.71 Å². The van der Waals surface area contributed by atoms with Crippen LogP contribution in [0.2, 0.25) is 0 Å². The predicted molar refractivity (Wildman–Crippen MR) is 64.2 cm³/mol. The molecule has 6 nitrogen and oxygen atoms in total. The van der Waals surface area contributed by atoms with Gasteiger partial charge in [0.05, 0.1) is 0 Å². The fourth-order valence-electron chi connectivity index (χ4n) is 2.01. The summed E-state index contributed by atoms with van der Waals surface area (Å²) in [5.41, 5.74) is -0.0698. The number of carbonyl (C=O) groups excluding carboxylic acids is 1. The van der Waals surface area contributed by atoms with E-state index in [1.807, 2.05) is 4.90 Å². The maximum Gasteiger partial charge on any atom is 0.353 e. The third-order valence-electron chi connectivity index (χ3n) is 3.21. The molecule has 2 aliphatic rings. The molecule has 1 amide bonds. The zero-order valence-corrected chi connectivity index (χ0v) is 10.5. The maximum atomic E-state index is 12.2. The molecule has 100 valence electrons. The molecule has 1 unspecified atom stereocenters. The number of hydrogen-bond acceptors (Lipinski definition) is 4. The lowest BCUT2D eigenvalue weighted by Gasteiger charge is -2.24. The number of aliphatic carboxylic acids is 1. The number of amides is 1. The summed E-state index contributed by atoms with van der Waals surface area (Å²) >= 11 is 0. The Hall–Kier alpha value is -1.59. The van der Waals surface area contributed by atoms with Crippen LogP contribution >= 0.6 is 0 Å². The highest BCUT2D eigenvalue weighted by Gasteiger charge is 2.39. The van der Waals surface area contributed by atoms with Gasteiger partial charge in [-0.1, -0.05) is 18.5 Å². The van der Waals surface area contributed by atoms with Gasteiger partial charge >= 0.3 is 5.97 Å². The minimum absolute atomic E-state index is 0.0698. The minimum Gasteiger partial charge on any atom is -0.477 e. The number of rotatable bonds is 6. The molecule has 0 aromatic rings. The molecule has 1 saturated carbocycles. The second kappa shape index (κ2) is 5.37. The van der Waals surface area contributed by atoms with E-state index in [4.69, 9.17) is 9.94 Å². The number of nitrogens with zero attached hydrogens (tertiary/aromatic N) is 2. The van der Waals surface area contributed by atoms with E-state index >= 15 is 0 Å². The van der Waals surface area contributed by atoms with Crippen molar-refractivity contribution in [3.63, 3.8) is 0 Å². The Bertz CT molecular complexity index is 376. The first kappa shape index (κ1) is 12.9. The van der Waals surface area contributed by atoms with Gasteiger partial charge in [-0.05, 0) is 19.3 Å². The zero-order chi connectivity index (χ0) is 13.1. The summed E-state index contributed by atoms with van der Waals surface area (Å²) in [4.78, 5) is 29.7. The van der Waals surface area contributed by atoms with Crippen LogP contribution in [0.5, 0.6) is 0 Å². The van der Waals surface area contributed by atoms with Crippen LogP contribution in [0.15, 0.2) is 5.16 Å². The van der Waals surface area contributed by atoms with E-state index in [0.717, 1.165) is 32.2 Å². The smallest absolute Gasteiger partial charge is 0.353 e. The quantitative estimate of drug-likeness (QED) is 0.767. The normalized spacial score (nSPS) is 22.3. The van der Waals surface area contributed by atoms with E-state index in [9.17, 15) is 9.59 Å². The van der Waals surface area contributed by atoms with Crippen LogP contribution in [0.25, 0.3) is 0 Å². The van der Waals surface area contributed by atoms with E-state index in [-0.39, 0.29) is 18.0 Å². The maximum absolute atomic E-state index is 12.2. The third kappa shape index (κ3) is 2.80. The summed E-state index contributed by atoms with van der Waals surface area (Å²) in [6.45, 7) is 2.80. The fourth-order valence-corrected chi connectivity index (χ4v) is 2.01. The van der Waals surface area contributed by atoms with Crippen molar-refractivity contribution in [2.75, 3.05) is 6.54 Å². The van der Waals surface area contributed by atoms with Crippen molar-refractivity contribution in [1.82, 2.24) is 4.90 Å². The van der Waals surface area contributed by atoms with E-state index in [2.05, 4.69) is 12.1 Å². The summed E-state index contributed by atoms with van der Waals surface area (Å²) in [6, 6.07) is 0.321. The molecule has 1 fully saturated rings. The van der Waals surface area contributed by atoms with Gasteiger partial charge in [-0.15, -0.1) is 0 Å². The monoisotopic (exact) mass is 254 g/mol. The van der Waals surface area contributed by atoms with Crippen LogP contribution in [-0.4, -0.2) is 46.3 Å². The Morgan fingerprint density at radius 1 is 1.50 bits per heavy atom. The number of carbonyl (C=O) groups is 2. The second-order valence-corrected chi connectivity index (χ2v) is 4.76. The molecule has 0 saturated heterocycles. The molecule has 1 N–H and O–H groups in total. The molecule has 1 aliphatic carbocycles. The molecule has 0 spiro atoms. The second-order valence-electron chi connectivity index (χ2n) is 4.76. The van der Waals surface area contributed by atoms with Gasteiger partial charge in [-0.25, -0.2) is 4.79 Å². The lowest BCUT2D eigenvalue weighted by atomic mass is 10.1. The van der Waals surface area contributed by atoms with Gasteiger partial charge < -0.3 is 14.8 Å². The highest BCUT2D eigenvalue weighted by atomic mass is 16.6. The summed E-state index contributed by atoms with van der Waals surface area (Å²) in [5, 5.41) is 12.2. The van der Waals surface area contributed by atoms with Gasteiger partial charge in [-0.2, -0.15) is 0 Å². The largest absolute Gasteiger partial charge is 0.477 e. The molecule has 1 aliphatic heterocycles. The highest BCUT2D eigenvalue weighted by molar-refractivity contribution is 6.36. The van der Waals surface area contributed by atoms with Crippen molar-refractivity contribution in [3.05, 3.63) is 0 Å². The van der Waals surface area contributed by atoms with Crippen molar-refractivity contribution in [2.24, 2.45) is 5.16 Å². The van der Waals surface area contributed by atoms with Crippen LogP contribution in [0, 0.1) is 0 Å². The average Bonchev–Trinajstić information content (AvgIpc) is 3.05. The lowest BCUT2D eigenvalue weighted by molar-refractivity contribution is -0.142. The molecule has 2 rings (SSSR count). The van der Waals surface area contributed by atoms with Crippen LogP contribution < -0.4 is 0 Å². The Morgan fingerprint density at radius 2 is 2.22 bits per heavy atom. The first-order valence-corrected chi connectivity index (χ1v) is 6.40. The molecular formula is C12H18N2O4. The van der Waals surface area contributed by atoms with Crippen LogP contribution in [0.4, 0.5) is 0 Å². The van der Waals surface area contributed by atoms with Crippen molar-refractivity contribution < 1.29 is 19.5 Å². The highest BCUT2D eigenvalue weighted by Crippen LogP contribution is 2.29. The van der Waals surface area contributed by atoms with Gasteiger partial charge in [-0.3, -0.25) is 4.79 Å². The van der Waals surface area contributed by atoms with E-state index in [1.165, 1.54) is 0 Å². The summed E-state index contributed by atoms with van der Waals surface area (Å²) in [6.07, 6.45) is 3.39. The number of hydrogen-bond donors (Lipinski definition) is 1. The van der Waals surface area contributed by atoms with Crippen molar-refractivity contribution in [1.29, 1.82) is 0 Å². The van der Waals surface area contributed by atoms with Crippen molar-refractivity contribution in [2.45, 2.75) is 51.2 Å². The topological polar surface area (TPSA) is 79.2 Å². The molecule has 0 radical (unpaired) electrons. The fraction of sp³-hybridized carbons (Fsp3) is 0.750. The Morgan fingerprint density at radius 3 is 2.72 bits per heavy atom. The Balaban J connectivity index is 1.92. The number of oxime groups is 1. The van der Waals surface area contributed by atoms with Crippen molar-refractivity contribution >= 4 is 17.6 Å². The minimum atomic E-state index is -1.11. The molecule has 18 heavy (non-hydrogen) atoms. The van der Waals surface area contributed by atoms with Gasteiger partial charge in [0.2, 0.25) is 6.10 Å². The van der Waals surface area contributed by atoms with Crippen LogP contribution in [-0.2, 0) is 14.4 Å². The third-order valence-corrected chi connectivity index (χ3v) is 3.21. The summed E-state index contributed by atoms with van der Waals surface area (Å²) in [7, 11) is 0. The standard InChI is InChI=1S/C12H18N2O4/c1-2-3-6-14(8-4-5-8)11(15)10-7-9(12(16)17)13-18-10/h8,10H,2-7H2,1H3,(H,16,17). The average molecular weight is 254 g/mol. The van der Waals surface area contributed by atoms with E-state index in [1.54, 1.807) is 0 Å². The molecule has 0 bridgehead atoms. The molecule has 0 aromatic heterocycles. The number of carboxylic acids is 1. The number of unbranched alkanes of at least 4 members (excludes halogenated alkanes) is 1. The molecule has 1 heterocycles. The van der Waals surface area contributed by atoms with Gasteiger partial charge in [0.1, 0.15) is 0 Å².